The summed E-state index contributed by atoms with van der Waals surface area (Å²) in [4.78, 5) is 7.96. The summed E-state index contributed by atoms with van der Waals surface area (Å²) in [6.45, 7) is 5.97. The zero-order valence-electron chi connectivity index (χ0n) is 14.3. The lowest BCUT2D eigenvalue weighted by molar-refractivity contribution is 0.172. The SMILES string of the molecule is CC(C)COc1ccc(-c2nc3cc4c(cc3[nH]2)OCCO4)cc1N. The molecule has 2 aromatic carbocycles. The molecule has 4 rings (SSSR count). The molecule has 0 aliphatic carbocycles. The molecule has 0 amide bonds. The van der Waals surface area contributed by atoms with Crippen molar-refractivity contribution in [3.05, 3.63) is 30.3 Å². The fourth-order valence-electron chi connectivity index (χ4n) is 2.77. The molecule has 3 N–H and O–H groups in total. The quantitative estimate of drug-likeness (QED) is 0.710. The number of hydrogen-bond acceptors (Lipinski definition) is 5. The molecule has 0 spiro atoms. The number of H-pyrrole nitrogens is 1. The number of benzene rings is 2. The van der Waals surface area contributed by atoms with Gasteiger partial charge in [-0.25, -0.2) is 4.98 Å². The Morgan fingerprint density at radius 2 is 1.92 bits per heavy atom. The van der Waals surface area contributed by atoms with E-state index >= 15 is 0 Å². The predicted molar refractivity (Wildman–Crippen MR) is 97.3 cm³/mol. The van der Waals surface area contributed by atoms with Crippen molar-refractivity contribution < 1.29 is 14.2 Å². The van der Waals surface area contributed by atoms with Crippen LogP contribution >= 0.6 is 0 Å². The summed E-state index contributed by atoms with van der Waals surface area (Å²) in [7, 11) is 0. The number of hydrogen-bond donors (Lipinski definition) is 2. The van der Waals surface area contributed by atoms with Crippen LogP contribution in [0.4, 0.5) is 5.69 Å². The van der Waals surface area contributed by atoms with Gasteiger partial charge in [0, 0.05) is 17.7 Å². The molecule has 3 aromatic rings. The minimum Gasteiger partial charge on any atom is -0.491 e. The minimum atomic E-state index is 0.449. The molecule has 0 saturated carbocycles. The lowest BCUT2D eigenvalue weighted by Crippen LogP contribution is -2.15. The van der Waals surface area contributed by atoms with Gasteiger partial charge < -0.3 is 24.9 Å². The van der Waals surface area contributed by atoms with Gasteiger partial charge in [0.1, 0.15) is 24.8 Å². The molecule has 2 heterocycles. The molecule has 25 heavy (non-hydrogen) atoms. The van der Waals surface area contributed by atoms with E-state index in [9.17, 15) is 0 Å². The van der Waals surface area contributed by atoms with Crippen molar-refractivity contribution in [2.45, 2.75) is 13.8 Å². The average Bonchev–Trinajstić information content (AvgIpc) is 3.01. The Kier molecular flexibility index (Phi) is 3.87. The summed E-state index contributed by atoms with van der Waals surface area (Å²) >= 11 is 0. The molecule has 0 bridgehead atoms. The van der Waals surface area contributed by atoms with E-state index in [2.05, 4.69) is 23.8 Å². The first-order valence-electron chi connectivity index (χ1n) is 8.42. The predicted octanol–water partition coefficient (Wildman–Crippen LogP) is 3.62. The van der Waals surface area contributed by atoms with Gasteiger partial charge >= 0.3 is 0 Å². The molecule has 6 heteroatoms. The van der Waals surface area contributed by atoms with Crippen LogP contribution in [0.5, 0.6) is 17.2 Å². The second-order valence-corrected chi connectivity index (χ2v) is 6.56. The second-order valence-electron chi connectivity index (χ2n) is 6.56. The average molecular weight is 339 g/mol. The van der Waals surface area contributed by atoms with Gasteiger partial charge in [0.05, 0.1) is 23.3 Å². The first kappa shape index (κ1) is 15.6. The fraction of sp³-hybridized carbons (Fsp3) is 0.316. The lowest BCUT2D eigenvalue weighted by Gasteiger charge is -2.17. The van der Waals surface area contributed by atoms with Crippen LogP contribution in [0.3, 0.4) is 0 Å². The van der Waals surface area contributed by atoms with Crippen LogP contribution < -0.4 is 19.9 Å². The highest BCUT2D eigenvalue weighted by molar-refractivity contribution is 5.83. The van der Waals surface area contributed by atoms with E-state index in [1.54, 1.807) is 0 Å². The second kappa shape index (κ2) is 6.20. The Hall–Kier alpha value is -2.89. The molecule has 1 aliphatic heterocycles. The number of rotatable bonds is 4. The number of nitrogens with zero attached hydrogens (tertiary/aromatic N) is 1. The number of aromatic amines is 1. The Morgan fingerprint density at radius 1 is 1.16 bits per heavy atom. The molecule has 130 valence electrons. The standard InChI is InChI=1S/C19H21N3O3/c1-11(2)10-25-16-4-3-12(7-13(16)20)19-21-14-8-17-18(9-15(14)22-19)24-6-5-23-17/h3-4,7-9,11H,5-6,10,20H2,1-2H3,(H,21,22). The van der Waals surface area contributed by atoms with Crippen LogP contribution in [0.1, 0.15) is 13.8 Å². The largest absolute Gasteiger partial charge is 0.491 e. The van der Waals surface area contributed by atoms with Crippen molar-refractivity contribution in [3.63, 3.8) is 0 Å². The van der Waals surface area contributed by atoms with E-state index in [1.165, 1.54) is 0 Å². The number of nitrogens with one attached hydrogen (secondary N) is 1. The number of fused-ring (bicyclic) bond motifs is 2. The third kappa shape index (κ3) is 3.07. The maximum Gasteiger partial charge on any atom is 0.163 e. The molecule has 0 saturated heterocycles. The highest BCUT2D eigenvalue weighted by atomic mass is 16.6. The van der Waals surface area contributed by atoms with Crippen molar-refractivity contribution in [2.75, 3.05) is 25.6 Å². The van der Waals surface area contributed by atoms with Crippen molar-refractivity contribution in [2.24, 2.45) is 5.92 Å². The van der Waals surface area contributed by atoms with E-state index < -0.39 is 0 Å². The summed E-state index contributed by atoms with van der Waals surface area (Å²) in [5, 5.41) is 0. The number of aromatic nitrogens is 2. The van der Waals surface area contributed by atoms with Gasteiger partial charge in [-0.3, -0.25) is 0 Å². The smallest absolute Gasteiger partial charge is 0.163 e. The van der Waals surface area contributed by atoms with E-state index in [0.29, 0.717) is 37.2 Å². The van der Waals surface area contributed by atoms with E-state index in [4.69, 9.17) is 19.9 Å². The van der Waals surface area contributed by atoms with Crippen LogP contribution in [0.25, 0.3) is 22.4 Å². The van der Waals surface area contributed by atoms with Crippen LogP contribution in [0.2, 0.25) is 0 Å². The minimum absolute atomic E-state index is 0.449. The van der Waals surface area contributed by atoms with Gasteiger partial charge in [-0.05, 0) is 24.1 Å². The number of imidazole rings is 1. The third-order valence-corrected chi connectivity index (χ3v) is 4.00. The highest BCUT2D eigenvalue weighted by Crippen LogP contribution is 2.35. The lowest BCUT2D eigenvalue weighted by atomic mass is 10.2. The number of nitrogens with two attached hydrogens (primary N) is 1. The summed E-state index contributed by atoms with van der Waals surface area (Å²) in [5.41, 5.74) is 9.37. The third-order valence-electron chi connectivity index (χ3n) is 4.00. The van der Waals surface area contributed by atoms with Gasteiger partial charge in [-0.15, -0.1) is 0 Å². The van der Waals surface area contributed by atoms with E-state index in [0.717, 1.165) is 33.9 Å². The monoisotopic (exact) mass is 339 g/mol. The highest BCUT2D eigenvalue weighted by Gasteiger charge is 2.16. The molecule has 0 radical (unpaired) electrons. The summed E-state index contributed by atoms with van der Waals surface area (Å²) in [6, 6.07) is 9.53. The molecular formula is C19H21N3O3. The molecule has 1 aliphatic rings. The molecular weight excluding hydrogens is 318 g/mol. The number of ether oxygens (including phenoxy) is 3. The van der Waals surface area contributed by atoms with E-state index in [-0.39, 0.29) is 0 Å². The van der Waals surface area contributed by atoms with Crippen molar-refractivity contribution in [1.82, 2.24) is 9.97 Å². The Balaban J connectivity index is 1.66. The first-order chi connectivity index (χ1) is 12.1. The number of anilines is 1. The number of nitrogen functional groups attached to an aromatic ring is 1. The van der Waals surface area contributed by atoms with Crippen LogP contribution in [-0.4, -0.2) is 29.8 Å². The van der Waals surface area contributed by atoms with Crippen molar-refractivity contribution in [3.8, 4) is 28.6 Å². The van der Waals surface area contributed by atoms with Crippen LogP contribution in [0, 0.1) is 5.92 Å². The van der Waals surface area contributed by atoms with Gasteiger partial charge in [0.25, 0.3) is 0 Å². The fourth-order valence-corrected chi connectivity index (χ4v) is 2.77. The van der Waals surface area contributed by atoms with Crippen molar-refractivity contribution in [1.29, 1.82) is 0 Å². The van der Waals surface area contributed by atoms with Gasteiger partial charge in [0.15, 0.2) is 11.5 Å². The normalized spacial score (nSPS) is 13.4. The van der Waals surface area contributed by atoms with Gasteiger partial charge in [-0.2, -0.15) is 0 Å². The summed E-state index contributed by atoms with van der Waals surface area (Å²) in [6.07, 6.45) is 0. The zero-order valence-corrected chi connectivity index (χ0v) is 14.3. The van der Waals surface area contributed by atoms with Gasteiger partial charge in [-0.1, -0.05) is 13.8 Å². The summed E-state index contributed by atoms with van der Waals surface area (Å²) < 4.78 is 17.0. The topological polar surface area (TPSA) is 82.4 Å². The molecule has 0 atom stereocenters. The molecule has 1 aromatic heterocycles. The maximum absolute atomic E-state index is 6.13. The first-order valence-corrected chi connectivity index (χ1v) is 8.42. The zero-order chi connectivity index (χ0) is 17.4. The Morgan fingerprint density at radius 3 is 2.64 bits per heavy atom. The Labute approximate surface area is 145 Å². The molecule has 0 unspecified atom stereocenters. The van der Waals surface area contributed by atoms with Crippen LogP contribution in [-0.2, 0) is 0 Å². The molecule has 0 fully saturated rings. The van der Waals surface area contributed by atoms with Crippen LogP contribution in [0.15, 0.2) is 30.3 Å². The summed E-state index contributed by atoms with van der Waals surface area (Å²) in [5.74, 6) is 3.37. The molecule has 6 nitrogen and oxygen atoms in total. The van der Waals surface area contributed by atoms with E-state index in [1.807, 2.05) is 30.3 Å². The Bertz CT molecular complexity index is 875. The maximum atomic E-state index is 6.13. The van der Waals surface area contributed by atoms with Gasteiger partial charge in [0.2, 0.25) is 0 Å². The van der Waals surface area contributed by atoms with Crippen molar-refractivity contribution >= 4 is 16.7 Å².